The molecule has 3 heteroatoms. The summed E-state index contributed by atoms with van der Waals surface area (Å²) in [5.41, 5.74) is 8.19. The third-order valence-corrected chi connectivity index (χ3v) is 3.73. The molecule has 1 aliphatic rings. The second kappa shape index (κ2) is 8.48. The molecule has 0 heterocycles. The van der Waals surface area contributed by atoms with E-state index >= 15 is 0 Å². The Bertz CT molecular complexity index is 661. The van der Waals surface area contributed by atoms with Gasteiger partial charge in [-0.1, -0.05) is 61.9 Å². The van der Waals surface area contributed by atoms with Crippen molar-refractivity contribution in [2.45, 2.75) is 26.7 Å². The van der Waals surface area contributed by atoms with Crippen molar-refractivity contribution in [3.8, 4) is 0 Å². The molecule has 0 N–H and O–H groups in total. The van der Waals surface area contributed by atoms with Gasteiger partial charge in [-0.15, -0.1) is 0 Å². The number of fused-ring (bicyclic) bond motifs is 1. The number of hydrogen-bond donors (Lipinski definition) is 0. The van der Waals surface area contributed by atoms with Gasteiger partial charge in [-0.25, -0.2) is 0 Å². The Labute approximate surface area is 152 Å². The Kier molecular flexibility index (Phi) is 6.94. The van der Waals surface area contributed by atoms with Gasteiger partial charge < -0.3 is 0 Å². The summed E-state index contributed by atoms with van der Waals surface area (Å²) in [7, 11) is 9.87. The average molecular weight is 409 g/mol. The van der Waals surface area contributed by atoms with Crippen LogP contribution in [0.5, 0.6) is 0 Å². The molecular weight excluding hydrogens is 390 g/mol. The number of allylic oxidation sites excluding steroid dienone is 1. The first-order valence-electron chi connectivity index (χ1n) is 7.29. The summed E-state index contributed by atoms with van der Waals surface area (Å²) in [6.45, 7) is 6.72. The molecule has 0 fully saturated rings. The molecule has 0 aliphatic heterocycles. The molecule has 0 bridgehead atoms. The Morgan fingerprint density at radius 1 is 1.00 bits per heavy atom. The van der Waals surface area contributed by atoms with Gasteiger partial charge in [-0.3, -0.25) is 0 Å². The van der Waals surface area contributed by atoms with E-state index in [1.54, 1.807) is 0 Å². The topological polar surface area (TPSA) is 0 Å². The van der Waals surface area contributed by atoms with Crippen LogP contribution in [0.25, 0.3) is 11.6 Å². The molecule has 0 unspecified atom stereocenters. The molecule has 22 heavy (non-hydrogen) atoms. The molecule has 1 aliphatic carbocycles. The van der Waals surface area contributed by atoms with E-state index in [2.05, 4.69) is 75.7 Å². The van der Waals surface area contributed by atoms with Gasteiger partial charge in [0.15, 0.2) is 0 Å². The molecule has 0 spiro atoms. The van der Waals surface area contributed by atoms with Crippen molar-refractivity contribution in [1.29, 1.82) is 0 Å². The number of benzene rings is 2. The molecule has 3 rings (SSSR count). The van der Waals surface area contributed by atoms with E-state index in [1.807, 2.05) is 0 Å². The first-order chi connectivity index (χ1) is 10.6. The number of hydrogen-bond acceptors (Lipinski definition) is 0. The third-order valence-electron chi connectivity index (χ3n) is 3.73. The van der Waals surface area contributed by atoms with Crippen molar-refractivity contribution in [1.82, 2.24) is 0 Å². The monoisotopic (exact) mass is 407 g/mol. The van der Waals surface area contributed by atoms with Gasteiger partial charge in [-0.05, 0) is 46.7 Å². The zero-order valence-corrected chi connectivity index (χ0v) is 17.0. The van der Waals surface area contributed by atoms with Crippen LogP contribution >= 0.6 is 17.0 Å². The van der Waals surface area contributed by atoms with Gasteiger partial charge in [0.05, 0.1) is 0 Å². The third kappa shape index (κ3) is 4.34. The van der Waals surface area contributed by atoms with E-state index in [9.17, 15) is 0 Å². The number of halogens is 2. The molecule has 0 nitrogen and oxygen atoms in total. The summed E-state index contributed by atoms with van der Waals surface area (Å²) in [5.74, 6) is 0.563. The van der Waals surface area contributed by atoms with Gasteiger partial charge in [-0.2, -0.15) is 0 Å². The number of aryl methyl sites for hydroxylation is 1. The number of rotatable bonds is 2. The van der Waals surface area contributed by atoms with Crippen molar-refractivity contribution >= 4 is 28.7 Å². The van der Waals surface area contributed by atoms with Crippen LogP contribution in [0, 0.1) is 13.3 Å². The maximum atomic E-state index is 4.93. The maximum absolute atomic E-state index is 4.93. The van der Waals surface area contributed by atoms with Crippen LogP contribution in [0.1, 0.15) is 47.6 Å². The first kappa shape index (κ1) is 18.0. The predicted molar refractivity (Wildman–Crippen MR) is 94.7 cm³/mol. The van der Waals surface area contributed by atoms with E-state index in [1.165, 1.54) is 33.4 Å². The van der Waals surface area contributed by atoms with Gasteiger partial charge >= 0.3 is 37.9 Å². The van der Waals surface area contributed by atoms with E-state index in [-0.39, 0.29) is 0 Å². The predicted octanol–water partition coefficient (Wildman–Crippen LogP) is 6.60. The van der Waals surface area contributed by atoms with Crippen LogP contribution in [0.4, 0.5) is 0 Å². The van der Waals surface area contributed by atoms with E-state index in [0.717, 1.165) is 0 Å². The molecule has 0 aromatic heterocycles. The van der Waals surface area contributed by atoms with Crippen molar-refractivity contribution in [2.75, 3.05) is 0 Å². The molecule has 2 aromatic carbocycles. The van der Waals surface area contributed by atoms with Gasteiger partial charge in [0.1, 0.15) is 0 Å². The van der Waals surface area contributed by atoms with Crippen LogP contribution in [0.2, 0.25) is 0 Å². The normalized spacial score (nSPS) is 12.4. The van der Waals surface area contributed by atoms with E-state index < -0.39 is 20.8 Å². The summed E-state index contributed by atoms with van der Waals surface area (Å²) in [6, 6.07) is 15.2. The van der Waals surface area contributed by atoms with Crippen molar-refractivity contribution in [2.24, 2.45) is 0 Å². The molecule has 0 amide bonds. The fraction of sp³-hybridized carbons (Fsp3) is 0.211. The Balaban J connectivity index is 0.000000545. The fourth-order valence-electron chi connectivity index (χ4n) is 2.78. The second-order valence-corrected chi connectivity index (χ2v) is 9.42. The van der Waals surface area contributed by atoms with Crippen LogP contribution < -0.4 is 0 Å². The van der Waals surface area contributed by atoms with Crippen LogP contribution in [-0.2, 0) is 20.8 Å². The molecule has 0 saturated heterocycles. The zero-order valence-electron chi connectivity index (χ0n) is 13.0. The standard InChI is InChI=1S/C19H19.2ClH.Zr/c1-13(2)18-10-14(3)9-17-11-16(12-19(17)18)15-7-5-4-6-8-15;;;/h4-13H,1-3H3;2*1H;/q;;;+2/p-2. The minimum atomic E-state index is -0.826. The van der Waals surface area contributed by atoms with Gasteiger partial charge in [0, 0.05) is 6.42 Å². The Morgan fingerprint density at radius 3 is 2.23 bits per heavy atom. The summed E-state index contributed by atoms with van der Waals surface area (Å²) in [4.78, 5) is 0. The molecule has 1 radical (unpaired) electrons. The fourth-order valence-corrected chi connectivity index (χ4v) is 2.78. The molecule has 2 aromatic rings. The summed E-state index contributed by atoms with van der Waals surface area (Å²) >= 11 is -0.826. The second-order valence-electron chi connectivity index (χ2n) is 5.69. The summed E-state index contributed by atoms with van der Waals surface area (Å²) in [5, 5.41) is 0. The van der Waals surface area contributed by atoms with Crippen LogP contribution in [0.3, 0.4) is 0 Å². The minimum absolute atomic E-state index is 0.563. The molecule has 113 valence electrons. The molecular formula is C19H19Cl2Zr. The molecule has 0 saturated carbocycles. The first-order valence-corrected chi connectivity index (χ1v) is 13.6. The summed E-state index contributed by atoms with van der Waals surface area (Å²) in [6.07, 6.45) is 4.64. The quantitative estimate of drug-likeness (QED) is 0.524. The summed E-state index contributed by atoms with van der Waals surface area (Å²) < 4.78 is 0. The van der Waals surface area contributed by atoms with Gasteiger partial charge in [0.2, 0.25) is 0 Å². The zero-order chi connectivity index (χ0) is 16.1. The SMILES string of the molecule is Cc1cc2c(c(C(C)C)c1)C=C(c1ccccc1)[CH]2.[Cl][Zr][Cl]. The Hall–Kier alpha value is -0.357. The van der Waals surface area contributed by atoms with Crippen molar-refractivity contribution in [3.63, 3.8) is 0 Å². The van der Waals surface area contributed by atoms with Crippen molar-refractivity contribution in [3.05, 3.63) is 76.7 Å². The van der Waals surface area contributed by atoms with Crippen LogP contribution in [-0.4, -0.2) is 0 Å². The van der Waals surface area contributed by atoms with E-state index in [0.29, 0.717) is 5.92 Å². The van der Waals surface area contributed by atoms with Gasteiger partial charge in [0.25, 0.3) is 0 Å². The van der Waals surface area contributed by atoms with Crippen molar-refractivity contribution < 1.29 is 20.8 Å². The Morgan fingerprint density at radius 2 is 1.64 bits per heavy atom. The van der Waals surface area contributed by atoms with E-state index in [4.69, 9.17) is 17.0 Å². The average Bonchev–Trinajstić information content (AvgIpc) is 2.91. The van der Waals surface area contributed by atoms with Crippen LogP contribution in [0.15, 0.2) is 42.5 Å². The molecule has 0 atom stereocenters.